The second kappa shape index (κ2) is 7.25. The summed E-state index contributed by atoms with van der Waals surface area (Å²) in [6.45, 7) is 4.32. The number of nitrogens with zero attached hydrogens (tertiary/aromatic N) is 1. The highest BCUT2D eigenvalue weighted by molar-refractivity contribution is 7.99. The minimum atomic E-state index is -0.106. The number of hydrogen-bond acceptors (Lipinski definition) is 4. The van der Waals surface area contributed by atoms with Gasteiger partial charge >= 0.3 is 0 Å². The lowest BCUT2D eigenvalue weighted by atomic mass is 9.94. The zero-order valence-electron chi connectivity index (χ0n) is 14.8. The van der Waals surface area contributed by atoms with Crippen molar-refractivity contribution in [3.8, 4) is 11.3 Å². The first-order valence-corrected chi connectivity index (χ1v) is 10.5. The van der Waals surface area contributed by atoms with Gasteiger partial charge in [-0.1, -0.05) is 38.1 Å². The maximum absolute atomic E-state index is 12.6. The average molecular weight is 381 g/mol. The van der Waals surface area contributed by atoms with Gasteiger partial charge in [0.15, 0.2) is 5.13 Å². The molecule has 0 bridgehead atoms. The van der Waals surface area contributed by atoms with Gasteiger partial charge in [-0.05, 0) is 42.7 Å². The van der Waals surface area contributed by atoms with Crippen LogP contribution < -0.4 is 5.32 Å². The largest absolute Gasteiger partial charge is 0.298 e. The van der Waals surface area contributed by atoms with Crippen molar-refractivity contribution in [1.29, 1.82) is 0 Å². The molecule has 1 N–H and O–H groups in total. The number of hydrogen-bond donors (Lipinski definition) is 1. The maximum atomic E-state index is 12.6. The maximum Gasteiger partial charge on any atom is 0.257 e. The molecule has 5 heteroatoms. The molecule has 3 aromatic rings. The molecule has 0 spiro atoms. The molecule has 26 heavy (non-hydrogen) atoms. The van der Waals surface area contributed by atoms with E-state index >= 15 is 0 Å². The standard InChI is InChI=1S/C21H20N2OS2/c1-13(2)25-16-10-7-15(8-11-16)20(24)23-21-22-19-17-6-4-3-5-14(17)9-12-18(19)26-21/h3-8,10-11,13H,9,12H2,1-2H3,(H,22,23,24). The van der Waals surface area contributed by atoms with E-state index in [4.69, 9.17) is 4.98 Å². The van der Waals surface area contributed by atoms with Crippen LogP contribution in [-0.2, 0) is 12.8 Å². The van der Waals surface area contributed by atoms with Gasteiger partial charge in [0.1, 0.15) is 0 Å². The van der Waals surface area contributed by atoms with Crippen LogP contribution in [0.1, 0.15) is 34.6 Å². The van der Waals surface area contributed by atoms with Gasteiger partial charge in [-0.2, -0.15) is 0 Å². The molecule has 0 saturated carbocycles. The molecule has 1 amide bonds. The number of rotatable bonds is 4. The Morgan fingerprint density at radius 1 is 1.12 bits per heavy atom. The fourth-order valence-electron chi connectivity index (χ4n) is 3.13. The summed E-state index contributed by atoms with van der Waals surface area (Å²) >= 11 is 3.38. The Hall–Kier alpha value is -2.11. The zero-order valence-corrected chi connectivity index (χ0v) is 16.4. The van der Waals surface area contributed by atoms with E-state index in [-0.39, 0.29) is 5.91 Å². The molecule has 2 aromatic carbocycles. The van der Waals surface area contributed by atoms with E-state index in [1.54, 1.807) is 23.1 Å². The van der Waals surface area contributed by atoms with Crippen LogP contribution in [0.4, 0.5) is 5.13 Å². The topological polar surface area (TPSA) is 42.0 Å². The molecule has 132 valence electrons. The van der Waals surface area contributed by atoms with Crippen molar-refractivity contribution in [1.82, 2.24) is 4.98 Å². The molecule has 0 unspecified atom stereocenters. The SMILES string of the molecule is CC(C)Sc1ccc(C(=O)Nc2nc3c(s2)CCc2ccccc2-3)cc1. The third-order valence-electron chi connectivity index (χ3n) is 4.30. The van der Waals surface area contributed by atoms with Crippen LogP contribution in [-0.4, -0.2) is 16.1 Å². The van der Waals surface area contributed by atoms with Gasteiger partial charge < -0.3 is 0 Å². The Balaban J connectivity index is 1.52. The van der Waals surface area contributed by atoms with Crippen molar-refractivity contribution in [2.45, 2.75) is 36.8 Å². The van der Waals surface area contributed by atoms with Gasteiger partial charge in [0.05, 0.1) is 5.69 Å². The second-order valence-electron chi connectivity index (χ2n) is 6.59. The van der Waals surface area contributed by atoms with Crippen LogP contribution in [0.15, 0.2) is 53.4 Å². The Kier molecular flexibility index (Phi) is 4.83. The van der Waals surface area contributed by atoms with Gasteiger partial charge in [-0.15, -0.1) is 23.1 Å². The summed E-state index contributed by atoms with van der Waals surface area (Å²) in [6, 6.07) is 16.1. The molecule has 0 atom stereocenters. The molecule has 0 aliphatic heterocycles. The smallest absolute Gasteiger partial charge is 0.257 e. The lowest BCUT2D eigenvalue weighted by Gasteiger charge is -2.13. The molecule has 3 nitrogen and oxygen atoms in total. The van der Waals surface area contributed by atoms with Crippen molar-refractivity contribution >= 4 is 34.1 Å². The monoisotopic (exact) mass is 380 g/mol. The Bertz CT molecular complexity index is 945. The van der Waals surface area contributed by atoms with E-state index in [1.165, 1.54) is 20.9 Å². The summed E-state index contributed by atoms with van der Waals surface area (Å²) in [6.07, 6.45) is 2.02. The average Bonchev–Trinajstić information content (AvgIpc) is 3.04. The van der Waals surface area contributed by atoms with Crippen LogP contribution >= 0.6 is 23.1 Å². The van der Waals surface area contributed by atoms with E-state index in [0.29, 0.717) is 15.9 Å². The van der Waals surface area contributed by atoms with Crippen LogP contribution in [0.2, 0.25) is 0 Å². The van der Waals surface area contributed by atoms with E-state index < -0.39 is 0 Å². The summed E-state index contributed by atoms with van der Waals surface area (Å²) in [5, 5.41) is 4.17. The third kappa shape index (κ3) is 3.55. The quantitative estimate of drug-likeness (QED) is 0.594. The van der Waals surface area contributed by atoms with Gasteiger partial charge in [0, 0.05) is 26.1 Å². The molecule has 0 fully saturated rings. The van der Waals surface area contributed by atoms with E-state index in [1.807, 2.05) is 30.3 Å². The second-order valence-corrected chi connectivity index (χ2v) is 9.33. The summed E-state index contributed by atoms with van der Waals surface area (Å²) in [4.78, 5) is 19.7. The van der Waals surface area contributed by atoms with Gasteiger partial charge in [-0.25, -0.2) is 4.98 Å². The van der Waals surface area contributed by atoms with Crippen molar-refractivity contribution in [3.05, 3.63) is 64.5 Å². The van der Waals surface area contributed by atoms with Gasteiger partial charge in [-0.3, -0.25) is 10.1 Å². The summed E-state index contributed by atoms with van der Waals surface area (Å²) < 4.78 is 0. The minimum absolute atomic E-state index is 0.106. The van der Waals surface area contributed by atoms with Gasteiger partial charge in [0.2, 0.25) is 0 Å². The molecular weight excluding hydrogens is 360 g/mol. The molecule has 1 heterocycles. The highest BCUT2D eigenvalue weighted by atomic mass is 32.2. The van der Waals surface area contributed by atoms with Crippen molar-refractivity contribution in [3.63, 3.8) is 0 Å². The molecule has 1 aromatic heterocycles. The number of carbonyl (C=O) groups excluding carboxylic acids is 1. The van der Waals surface area contributed by atoms with Crippen LogP contribution in [0, 0.1) is 0 Å². The first-order chi connectivity index (χ1) is 12.6. The number of anilines is 1. The number of thioether (sulfide) groups is 1. The van der Waals surface area contributed by atoms with E-state index in [0.717, 1.165) is 18.5 Å². The zero-order chi connectivity index (χ0) is 18.1. The summed E-state index contributed by atoms with van der Waals surface area (Å²) in [5.74, 6) is -0.106. The fraction of sp³-hybridized carbons (Fsp3) is 0.238. The van der Waals surface area contributed by atoms with E-state index in [2.05, 4.69) is 37.4 Å². The molecule has 0 radical (unpaired) electrons. The number of aromatic nitrogens is 1. The Morgan fingerprint density at radius 3 is 2.65 bits per heavy atom. The van der Waals surface area contributed by atoms with Crippen LogP contribution in [0.3, 0.4) is 0 Å². The number of aryl methyl sites for hydroxylation is 2. The Morgan fingerprint density at radius 2 is 1.88 bits per heavy atom. The van der Waals surface area contributed by atoms with Crippen molar-refractivity contribution < 1.29 is 4.79 Å². The van der Waals surface area contributed by atoms with Gasteiger partial charge in [0.25, 0.3) is 5.91 Å². The summed E-state index contributed by atoms with van der Waals surface area (Å²) in [7, 11) is 0. The first kappa shape index (κ1) is 17.3. The molecule has 1 aliphatic carbocycles. The molecule has 1 aliphatic rings. The van der Waals surface area contributed by atoms with E-state index in [9.17, 15) is 4.79 Å². The lowest BCUT2D eigenvalue weighted by Crippen LogP contribution is -2.11. The van der Waals surface area contributed by atoms with Crippen LogP contribution in [0.25, 0.3) is 11.3 Å². The predicted octanol–water partition coefficient (Wildman–Crippen LogP) is 5.66. The third-order valence-corrected chi connectivity index (χ3v) is 6.35. The number of benzene rings is 2. The predicted molar refractivity (Wildman–Crippen MR) is 110 cm³/mol. The Labute approximate surface area is 161 Å². The number of carbonyl (C=O) groups is 1. The van der Waals surface area contributed by atoms with Crippen molar-refractivity contribution in [2.75, 3.05) is 5.32 Å². The molecular formula is C21H20N2OS2. The minimum Gasteiger partial charge on any atom is -0.298 e. The number of thiazole rings is 1. The highest BCUT2D eigenvalue weighted by Crippen LogP contribution is 2.38. The summed E-state index contributed by atoms with van der Waals surface area (Å²) in [5.41, 5.74) is 4.21. The van der Waals surface area contributed by atoms with Crippen molar-refractivity contribution in [2.24, 2.45) is 0 Å². The first-order valence-electron chi connectivity index (χ1n) is 8.76. The highest BCUT2D eigenvalue weighted by Gasteiger charge is 2.21. The molecule has 0 saturated heterocycles. The number of fused-ring (bicyclic) bond motifs is 3. The molecule has 4 rings (SSSR count). The number of amides is 1. The lowest BCUT2D eigenvalue weighted by molar-refractivity contribution is 0.102. The van der Waals surface area contributed by atoms with Crippen LogP contribution in [0.5, 0.6) is 0 Å². The fourth-order valence-corrected chi connectivity index (χ4v) is 4.94. The number of nitrogens with one attached hydrogen (secondary N) is 1. The normalized spacial score (nSPS) is 12.6.